The first kappa shape index (κ1) is 23.5. The summed E-state index contributed by atoms with van der Waals surface area (Å²) in [4.78, 5) is 33.1. The van der Waals surface area contributed by atoms with Gasteiger partial charge in [0.15, 0.2) is 11.5 Å². The van der Waals surface area contributed by atoms with Gasteiger partial charge in [0.05, 0.1) is 25.1 Å². The van der Waals surface area contributed by atoms with Crippen LogP contribution in [0.3, 0.4) is 0 Å². The minimum Gasteiger partial charge on any atom is -0.490 e. The van der Waals surface area contributed by atoms with E-state index in [4.69, 9.17) is 21.1 Å². The van der Waals surface area contributed by atoms with E-state index in [0.29, 0.717) is 57.5 Å². The first-order valence-corrected chi connectivity index (χ1v) is 11.1. The van der Waals surface area contributed by atoms with Crippen LogP contribution in [0, 0.1) is 0 Å². The van der Waals surface area contributed by atoms with Crippen LogP contribution in [0.5, 0.6) is 11.5 Å². The zero-order valence-electron chi connectivity index (χ0n) is 18.2. The van der Waals surface area contributed by atoms with Gasteiger partial charge in [-0.05, 0) is 30.2 Å². The molecular formula is C23H23ClFN5O4. The van der Waals surface area contributed by atoms with E-state index in [0.717, 1.165) is 0 Å². The van der Waals surface area contributed by atoms with Crippen molar-refractivity contribution in [3.05, 3.63) is 47.2 Å². The predicted molar refractivity (Wildman–Crippen MR) is 126 cm³/mol. The number of carbonyl (C=O) groups is 2. The summed E-state index contributed by atoms with van der Waals surface area (Å²) in [6.07, 6.45) is 1.94. The topological polar surface area (TPSA) is 114 Å². The second kappa shape index (κ2) is 11.0. The normalized spacial score (nSPS) is 14.9. The summed E-state index contributed by atoms with van der Waals surface area (Å²) in [7, 11) is 0. The van der Waals surface area contributed by atoms with Crippen molar-refractivity contribution in [3.8, 4) is 11.5 Å². The molecule has 3 N–H and O–H groups in total. The van der Waals surface area contributed by atoms with Crippen LogP contribution in [0.2, 0.25) is 5.02 Å². The number of alkyl halides is 1. The molecule has 0 atom stereocenters. The number of aromatic nitrogens is 2. The fourth-order valence-corrected chi connectivity index (χ4v) is 3.62. The number of carbonyl (C=O) groups excluding carboxylic acids is 2. The van der Waals surface area contributed by atoms with E-state index in [9.17, 15) is 14.0 Å². The highest BCUT2D eigenvalue weighted by Gasteiger charge is 2.16. The summed E-state index contributed by atoms with van der Waals surface area (Å²) in [5.74, 6) is 0.616. The molecule has 4 rings (SSSR count). The van der Waals surface area contributed by atoms with Gasteiger partial charge in [0.1, 0.15) is 25.4 Å². The molecule has 0 spiro atoms. The van der Waals surface area contributed by atoms with Crippen molar-refractivity contribution in [2.75, 3.05) is 38.3 Å². The Hall–Kier alpha value is -3.66. The van der Waals surface area contributed by atoms with Crippen molar-refractivity contribution in [3.63, 3.8) is 0 Å². The second-order valence-electron chi connectivity index (χ2n) is 7.51. The monoisotopic (exact) mass is 487 g/mol. The minimum atomic E-state index is -0.648. The van der Waals surface area contributed by atoms with Gasteiger partial charge in [-0.3, -0.25) is 9.59 Å². The molecule has 1 aromatic heterocycles. The van der Waals surface area contributed by atoms with Gasteiger partial charge < -0.3 is 25.4 Å². The standard InChI is InChI=1S/C23H23ClFN5O4/c24-15-3-2-14-8-21(31)27-12-22(32)26-5-1-6-33-19-10-16-18(11-20(19)34-7-4-25)28-13-29-23(16)30-17(14)9-15/h2-3,9-11,13H,1,4-8,12H2,(H,26,32)(H,27,31)(H,28,29,30). The van der Waals surface area contributed by atoms with Crippen LogP contribution in [-0.2, 0) is 16.0 Å². The van der Waals surface area contributed by atoms with Crippen LogP contribution in [0.15, 0.2) is 36.7 Å². The Labute approximate surface area is 200 Å². The molecule has 3 aromatic rings. The van der Waals surface area contributed by atoms with Gasteiger partial charge in [-0.15, -0.1) is 0 Å². The van der Waals surface area contributed by atoms with Crippen LogP contribution >= 0.6 is 11.6 Å². The summed E-state index contributed by atoms with van der Waals surface area (Å²) >= 11 is 6.21. The fourth-order valence-electron chi connectivity index (χ4n) is 3.44. The van der Waals surface area contributed by atoms with Gasteiger partial charge in [0.25, 0.3) is 0 Å². The maximum atomic E-state index is 12.7. The highest BCUT2D eigenvalue weighted by molar-refractivity contribution is 6.31. The number of nitrogens with one attached hydrogen (secondary N) is 3. The van der Waals surface area contributed by atoms with Gasteiger partial charge in [-0.2, -0.15) is 0 Å². The molecule has 178 valence electrons. The van der Waals surface area contributed by atoms with Crippen LogP contribution in [0.4, 0.5) is 15.9 Å². The molecule has 0 saturated heterocycles. The first-order valence-electron chi connectivity index (χ1n) is 10.7. The number of hydrogen-bond donors (Lipinski definition) is 3. The molecule has 9 nitrogen and oxygen atoms in total. The number of halogens is 2. The van der Waals surface area contributed by atoms with Crippen LogP contribution in [0.25, 0.3) is 10.9 Å². The number of benzene rings is 2. The Morgan fingerprint density at radius 3 is 2.85 bits per heavy atom. The number of anilines is 2. The molecular weight excluding hydrogens is 465 g/mol. The van der Waals surface area contributed by atoms with Crippen LogP contribution in [-0.4, -0.2) is 54.8 Å². The molecule has 1 aliphatic heterocycles. The number of hydrogen-bond acceptors (Lipinski definition) is 7. The lowest BCUT2D eigenvalue weighted by molar-refractivity contribution is -0.125. The predicted octanol–water partition coefficient (Wildman–Crippen LogP) is 2.93. The Bertz CT molecular complexity index is 1210. The lowest BCUT2D eigenvalue weighted by Crippen LogP contribution is -2.38. The van der Waals surface area contributed by atoms with E-state index in [1.165, 1.54) is 6.33 Å². The Kier molecular flexibility index (Phi) is 7.58. The van der Waals surface area contributed by atoms with Gasteiger partial charge in [0.2, 0.25) is 11.8 Å². The van der Waals surface area contributed by atoms with Gasteiger partial charge in [-0.1, -0.05) is 17.7 Å². The molecule has 11 heteroatoms. The maximum Gasteiger partial charge on any atom is 0.239 e. The lowest BCUT2D eigenvalue weighted by atomic mass is 10.1. The largest absolute Gasteiger partial charge is 0.490 e. The summed E-state index contributed by atoms with van der Waals surface area (Å²) in [5.41, 5.74) is 1.81. The minimum absolute atomic E-state index is 0.0331. The van der Waals surface area contributed by atoms with Gasteiger partial charge in [-0.25, -0.2) is 14.4 Å². The number of amides is 2. The average Bonchev–Trinajstić information content (AvgIpc) is 2.82. The Morgan fingerprint density at radius 2 is 2.00 bits per heavy atom. The molecule has 0 unspecified atom stereocenters. The molecule has 2 heterocycles. The highest BCUT2D eigenvalue weighted by atomic mass is 35.5. The second-order valence-corrected chi connectivity index (χ2v) is 7.94. The van der Waals surface area contributed by atoms with Crippen LogP contribution in [0.1, 0.15) is 12.0 Å². The van der Waals surface area contributed by atoms with Crippen molar-refractivity contribution < 1.29 is 23.5 Å². The third-order valence-electron chi connectivity index (χ3n) is 5.06. The summed E-state index contributed by atoms with van der Waals surface area (Å²) in [6, 6.07) is 8.49. The van der Waals surface area contributed by atoms with E-state index >= 15 is 0 Å². The Balaban J connectivity index is 1.77. The fraction of sp³-hybridized carbons (Fsp3) is 0.304. The third kappa shape index (κ3) is 5.82. The third-order valence-corrected chi connectivity index (χ3v) is 5.29. The smallest absolute Gasteiger partial charge is 0.239 e. The number of fused-ring (bicyclic) bond motifs is 2. The SMILES string of the molecule is O=C1CNC(=O)Cc2ccc(Cl)cc2Nc2ncnc3cc(OCCF)c(cc23)OCCCN1. The van der Waals surface area contributed by atoms with Crippen molar-refractivity contribution in [1.29, 1.82) is 0 Å². The van der Waals surface area contributed by atoms with E-state index in [1.807, 2.05) is 0 Å². The van der Waals surface area contributed by atoms with Crippen molar-refractivity contribution in [2.24, 2.45) is 0 Å². The first-order chi connectivity index (χ1) is 16.5. The quantitative estimate of drug-likeness (QED) is 0.520. The number of nitrogens with zero attached hydrogens (tertiary/aromatic N) is 2. The number of ether oxygens (including phenoxy) is 2. The molecule has 2 amide bonds. The molecule has 0 saturated carbocycles. The lowest BCUT2D eigenvalue weighted by Gasteiger charge is -2.16. The van der Waals surface area contributed by atoms with Crippen LogP contribution < -0.4 is 25.4 Å². The number of rotatable bonds is 3. The summed E-state index contributed by atoms with van der Waals surface area (Å²) < 4.78 is 24.2. The molecule has 2 aromatic carbocycles. The Morgan fingerprint density at radius 1 is 1.12 bits per heavy atom. The van der Waals surface area contributed by atoms with Gasteiger partial charge >= 0.3 is 0 Å². The van der Waals surface area contributed by atoms with Crippen molar-refractivity contribution in [2.45, 2.75) is 12.8 Å². The van der Waals surface area contributed by atoms with E-state index < -0.39 is 6.67 Å². The summed E-state index contributed by atoms with van der Waals surface area (Å²) in [5, 5.41) is 9.69. The molecule has 2 bridgehead atoms. The highest BCUT2D eigenvalue weighted by Crippen LogP contribution is 2.36. The maximum absolute atomic E-state index is 12.7. The molecule has 0 radical (unpaired) electrons. The molecule has 0 fully saturated rings. The summed E-state index contributed by atoms with van der Waals surface area (Å²) in [6.45, 7) is -0.269. The van der Waals surface area contributed by atoms with Gasteiger partial charge in [0, 0.05) is 28.7 Å². The van der Waals surface area contributed by atoms with E-state index in [1.54, 1.807) is 30.3 Å². The van der Waals surface area contributed by atoms with Crippen molar-refractivity contribution in [1.82, 2.24) is 20.6 Å². The van der Waals surface area contributed by atoms with E-state index in [-0.39, 0.29) is 38.0 Å². The molecule has 1 aliphatic rings. The van der Waals surface area contributed by atoms with E-state index in [2.05, 4.69) is 25.9 Å². The molecule has 34 heavy (non-hydrogen) atoms. The van der Waals surface area contributed by atoms with Crippen molar-refractivity contribution >= 4 is 45.8 Å². The molecule has 0 aliphatic carbocycles. The zero-order chi connectivity index (χ0) is 23.9. The average molecular weight is 488 g/mol. The zero-order valence-corrected chi connectivity index (χ0v) is 19.0.